The molecule has 0 bridgehead atoms. The van der Waals surface area contributed by atoms with Gasteiger partial charge in [0.25, 0.3) is 0 Å². The van der Waals surface area contributed by atoms with Gasteiger partial charge >= 0.3 is 0 Å². The molecule has 0 unspecified atom stereocenters. The summed E-state index contributed by atoms with van der Waals surface area (Å²) in [6.45, 7) is 2.09. The summed E-state index contributed by atoms with van der Waals surface area (Å²) in [5, 5.41) is 2.95. The fourth-order valence-corrected chi connectivity index (χ4v) is 2.09. The third-order valence-electron chi connectivity index (χ3n) is 3.04. The van der Waals surface area contributed by atoms with E-state index in [1.165, 1.54) is 0 Å². The SMILES string of the molecule is CCC[C@H](C(=O)Nc1ccncc1)c1ccccc1. The van der Waals surface area contributed by atoms with E-state index < -0.39 is 0 Å². The second-order valence-corrected chi connectivity index (χ2v) is 4.48. The lowest BCUT2D eigenvalue weighted by molar-refractivity contribution is -0.117. The van der Waals surface area contributed by atoms with Crippen molar-refractivity contribution in [3.05, 3.63) is 60.4 Å². The molecule has 2 aromatic rings. The smallest absolute Gasteiger partial charge is 0.231 e. The molecule has 1 N–H and O–H groups in total. The van der Waals surface area contributed by atoms with Crippen LogP contribution in [0, 0.1) is 0 Å². The largest absolute Gasteiger partial charge is 0.325 e. The molecule has 0 spiro atoms. The van der Waals surface area contributed by atoms with Gasteiger partial charge in [0, 0.05) is 18.1 Å². The monoisotopic (exact) mass is 254 g/mol. The fourth-order valence-electron chi connectivity index (χ4n) is 2.09. The number of carbonyl (C=O) groups is 1. The van der Waals surface area contributed by atoms with Gasteiger partial charge in [-0.3, -0.25) is 9.78 Å². The highest BCUT2D eigenvalue weighted by Crippen LogP contribution is 2.23. The summed E-state index contributed by atoms with van der Waals surface area (Å²) in [4.78, 5) is 16.3. The highest BCUT2D eigenvalue weighted by molar-refractivity contribution is 5.95. The Balaban J connectivity index is 2.13. The van der Waals surface area contributed by atoms with Crippen LogP contribution >= 0.6 is 0 Å². The first kappa shape index (κ1) is 13.3. The van der Waals surface area contributed by atoms with Crippen molar-refractivity contribution in [2.24, 2.45) is 0 Å². The Morgan fingerprint density at radius 1 is 1.16 bits per heavy atom. The van der Waals surface area contributed by atoms with Gasteiger partial charge < -0.3 is 5.32 Å². The number of pyridine rings is 1. The van der Waals surface area contributed by atoms with E-state index in [0.29, 0.717) is 0 Å². The number of aromatic nitrogens is 1. The third-order valence-corrected chi connectivity index (χ3v) is 3.04. The van der Waals surface area contributed by atoms with E-state index in [9.17, 15) is 4.79 Å². The van der Waals surface area contributed by atoms with Gasteiger partial charge in [-0.05, 0) is 24.1 Å². The van der Waals surface area contributed by atoms with Crippen LogP contribution in [0.3, 0.4) is 0 Å². The molecule has 1 aromatic heterocycles. The summed E-state index contributed by atoms with van der Waals surface area (Å²) in [6.07, 6.45) is 5.17. The van der Waals surface area contributed by atoms with Gasteiger partial charge in [-0.2, -0.15) is 0 Å². The Morgan fingerprint density at radius 3 is 2.47 bits per heavy atom. The summed E-state index contributed by atoms with van der Waals surface area (Å²) in [7, 11) is 0. The van der Waals surface area contributed by atoms with E-state index in [-0.39, 0.29) is 11.8 Å². The van der Waals surface area contributed by atoms with Crippen molar-refractivity contribution in [3.63, 3.8) is 0 Å². The number of hydrogen-bond acceptors (Lipinski definition) is 2. The minimum atomic E-state index is -0.0978. The maximum absolute atomic E-state index is 12.4. The molecule has 1 atom stereocenters. The molecule has 0 aliphatic heterocycles. The highest BCUT2D eigenvalue weighted by Gasteiger charge is 2.19. The summed E-state index contributed by atoms with van der Waals surface area (Å²) in [5.74, 6) is -0.0568. The maximum Gasteiger partial charge on any atom is 0.231 e. The van der Waals surface area contributed by atoms with Crippen LogP contribution in [0.25, 0.3) is 0 Å². The minimum Gasteiger partial charge on any atom is -0.325 e. The second-order valence-electron chi connectivity index (χ2n) is 4.48. The lowest BCUT2D eigenvalue weighted by Crippen LogP contribution is -2.21. The average Bonchev–Trinajstić information content (AvgIpc) is 2.46. The zero-order valence-electron chi connectivity index (χ0n) is 11.0. The first-order valence-electron chi connectivity index (χ1n) is 6.57. The van der Waals surface area contributed by atoms with E-state index in [4.69, 9.17) is 0 Å². The van der Waals surface area contributed by atoms with Crippen LogP contribution in [0.4, 0.5) is 5.69 Å². The minimum absolute atomic E-state index is 0.0410. The number of nitrogens with zero attached hydrogens (tertiary/aromatic N) is 1. The van der Waals surface area contributed by atoms with E-state index in [0.717, 1.165) is 24.1 Å². The second kappa shape index (κ2) is 6.69. The van der Waals surface area contributed by atoms with Crippen molar-refractivity contribution >= 4 is 11.6 Å². The number of benzene rings is 1. The first-order valence-corrected chi connectivity index (χ1v) is 6.57. The van der Waals surface area contributed by atoms with Gasteiger partial charge in [-0.1, -0.05) is 43.7 Å². The average molecular weight is 254 g/mol. The number of anilines is 1. The van der Waals surface area contributed by atoms with Crippen molar-refractivity contribution in [3.8, 4) is 0 Å². The third kappa shape index (κ3) is 3.65. The van der Waals surface area contributed by atoms with Gasteiger partial charge in [0.2, 0.25) is 5.91 Å². The van der Waals surface area contributed by atoms with Gasteiger partial charge in [-0.15, -0.1) is 0 Å². The van der Waals surface area contributed by atoms with E-state index in [1.54, 1.807) is 24.5 Å². The Morgan fingerprint density at radius 2 is 1.84 bits per heavy atom. The topological polar surface area (TPSA) is 42.0 Å². The predicted molar refractivity (Wildman–Crippen MR) is 77.0 cm³/mol. The lowest BCUT2D eigenvalue weighted by atomic mass is 9.93. The summed E-state index contributed by atoms with van der Waals surface area (Å²) in [6, 6.07) is 13.5. The van der Waals surface area contributed by atoms with E-state index in [1.807, 2.05) is 30.3 Å². The first-order chi connectivity index (χ1) is 9.31. The molecule has 19 heavy (non-hydrogen) atoms. The Kier molecular flexibility index (Phi) is 4.67. The van der Waals surface area contributed by atoms with Crippen LogP contribution in [0.1, 0.15) is 31.2 Å². The van der Waals surface area contributed by atoms with Crippen molar-refractivity contribution in [1.82, 2.24) is 4.98 Å². The van der Waals surface area contributed by atoms with Crippen LogP contribution in [-0.2, 0) is 4.79 Å². The molecule has 1 aromatic carbocycles. The zero-order valence-corrected chi connectivity index (χ0v) is 11.0. The van der Waals surface area contributed by atoms with Crippen LogP contribution in [0.15, 0.2) is 54.9 Å². The summed E-state index contributed by atoms with van der Waals surface area (Å²) >= 11 is 0. The van der Waals surface area contributed by atoms with Crippen LogP contribution < -0.4 is 5.32 Å². The number of hydrogen-bond donors (Lipinski definition) is 1. The Labute approximate surface area is 113 Å². The Hall–Kier alpha value is -2.16. The Bertz CT molecular complexity index is 511. The highest BCUT2D eigenvalue weighted by atomic mass is 16.1. The number of nitrogens with one attached hydrogen (secondary N) is 1. The predicted octanol–water partition coefficient (Wildman–Crippen LogP) is 3.60. The number of amides is 1. The van der Waals surface area contributed by atoms with Crippen LogP contribution in [0.2, 0.25) is 0 Å². The zero-order chi connectivity index (χ0) is 13.5. The van der Waals surface area contributed by atoms with Gasteiger partial charge in [0.05, 0.1) is 5.92 Å². The number of carbonyl (C=O) groups excluding carboxylic acids is 1. The van der Waals surface area contributed by atoms with Gasteiger partial charge in [0.15, 0.2) is 0 Å². The van der Waals surface area contributed by atoms with Crippen molar-refractivity contribution in [1.29, 1.82) is 0 Å². The standard InChI is InChI=1S/C16H18N2O/c1-2-6-15(13-7-4-3-5-8-13)16(19)18-14-9-11-17-12-10-14/h3-5,7-12,15H,2,6H2,1H3,(H,17,18,19)/t15-/m0/s1. The molecule has 1 amide bonds. The molecule has 0 aliphatic rings. The summed E-state index contributed by atoms with van der Waals surface area (Å²) < 4.78 is 0. The van der Waals surface area contributed by atoms with Gasteiger partial charge in [-0.25, -0.2) is 0 Å². The fraction of sp³-hybridized carbons (Fsp3) is 0.250. The van der Waals surface area contributed by atoms with Crippen LogP contribution in [0.5, 0.6) is 0 Å². The maximum atomic E-state index is 12.4. The lowest BCUT2D eigenvalue weighted by Gasteiger charge is -2.16. The molecule has 0 fully saturated rings. The van der Waals surface area contributed by atoms with Crippen LogP contribution in [-0.4, -0.2) is 10.9 Å². The molecular formula is C16H18N2O. The molecule has 2 rings (SSSR count). The molecule has 3 nitrogen and oxygen atoms in total. The van der Waals surface area contributed by atoms with Crippen molar-refractivity contribution < 1.29 is 4.79 Å². The normalized spacial score (nSPS) is 11.8. The quantitative estimate of drug-likeness (QED) is 0.885. The molecule has 3 heteroatoms. The number of rotatable bonds is 5. The molecule has 1 heterocycles. The molecule has 0 saturated heterocycles. The van der Waals surface area contributed by atoms with Crippen molar-refractivity contribution in [2.45, 2.75) is 25.7 Å². The molecule has 0 radical (unpaired) electrons. The molecular weight excluding hydrogens is 236 g/mol. The molecule has 98 valence electrons. The van der Waals surface area contributed by atoms with Crippen molar-refractivity contribution in [2.75, 3.05) is 5.32 Å². The van der Waals surface area contributed by atoms with Gasteiger partial charge in [0.1, 0.15) is 0 Å². The van der Waals surface area contributed by atoms with E-state index in [2.05, 4.69) is 17.2 Å². The molecule has 0 aliphatic carbocycles. The molecule has 0 saturated carbocycles. The summed E-state index contributed by atoms with van der Waals surface area (Å²) in [5.41, 5.74) is 1.85. The van der Waals surface area contributed by atoms with E-state index >= 15 is 0 Å².